The summed E-state index contributed by atoms with van der Waals surface area (Å²) in [6.07, 6.45) is 4.67. The topological polar surface area (TPSA) is 169 Å². The molecule has 0 spiro atoms. The van der Waals surface area contributed by atoms with E-state index < -0.39 is 0 Å². The third kappa shape index (κ3) is 95.7. The third-order valence-electron chi connectivity index (χ3n) is 11.2. The van der Waals surface area contributed by atoms with Gasteiger partial charge in [-0.15, -0.1) is 72.5 Å². The molecule has 7 atom stereocenters. The predicted molar refractivity (Wildman–Crippen MR) is 358 cm³/mol. The molecule has 0 radical (unpaired) electrons. The van der Waals surface area contributed by atoms with Crippen LogP contribution in [-0.2, 0) is 98.9 Å². The molecule has 0 aliphatic rings. The Morgan fingerprint density at radius 1 is 0.277 bits per heavy atom. The minimum Gasteiger partial charge on any atom is -0.661 e. The molecule has 0 aliphatic heterocycles. The molecular formula is C65H142N12Ni6. The second-order valence-corrected chi connectivity index (χ2v) is 26.2. The van der Waals surface area contributed by atoms with Crippen LogP contribution in [-0.4, -0.2) is 148 Å². The van der Waals surface area contributed by atoms with E-state index in [4.69, 9.17) is 10.6 Å². The second-order valence-electron chi connectivity index (χ2n) is 26.2. The van der Waals surface area contributed by atoms with Crippen molar-refractivity contribution in [2.45, 2.75) is 370 Å². The predicted octanol–water partition coefficient (Wildman–Crippen LogP) is 21.5. The Morgan fingerprint density at radius 2 is 0.566 bits per heavy atom. The summed E-state index contributed by atoms with van der Waals surface area (Å²) in [6.45, 7) is 78.4. The largest absolute Gasteiger partial charge is 2.00 e. The molecule has 0 aromatic heterocycles. The van der Waals surface area contributed by atoms with Gasteiger partial charge in [0.1, 0.15) is 0 Å². The van der Waals surface area contributed by atoms with Gasteiger partial charge >= 0.3 is 98.9 Å². The number of hydrogen-bond acceptors (Lipinski definition) is 0. The van der Waals surface area contributed by atoms with Gasteiger partial charge in [-0.3, -0.25) is 0 Å². The summed E-state index contributed by atoms with van der Waals surface area (Å²) in [6, 6.07) is 7.65. The van der Waals surface area contributed by atoms with E-state index in [9.17, 15) is 0 Å². The summed E-state index contributed by atoms with van der Waals surface area (Å²) in [5.74, 6) is 1.25. The van der Waals surface area contributed by atoms with Crippen molar-refractivity contribution in [3.8, 4) is 0 Å². The van der Waals surface area contributed by atoms with Crippen molar-refractivity contribution in [1.29, 1.82) is 0 Å². The van der Waals surface area contributed by atoms with E-state index in [0.29, 0.717) is 121 Å². The average molecular weight is 1440 g/mol. The van der Waals surface area contributed by atoms with Crippen molar-refractivity contribution in [2.24, 2.45) is 17.3 Å². The fraction of sp³-hybridized carbons (Fsp3) is 1.00. The van der Waals surface area contributed by atoms with E-state index in [2.05, 4.69) is 289 Å². The molecule has 12 nitrogen and oxygen atoms in total. The molecular weight excluding hydrogens is 1300 g/mol. The fourth-order valence-electron chi connectivity index (χ4n) is 6.95. The smallest absolute Gasteiger partial charge is 0.661 e. The van der Waals surface area contributed by atoms with Crippen molar-refractivity contribution >= 4 is 0 Å². The Labute approximate surface area is 584 Å². The van der Waals surface area contributed by atoms with Crippen LogP contribution in [0.2, 0.25) is 0 Å². The first-order chi connectivity index (χ1) is 35.3. The van der Waals surface area contributed by atoms with E-state index in [1.807, 2.05) is 0 Å². The van der Waals surface area contributed by atoms with Crippen LogP contribution in [0.3, 0.4) is 0 Å². The molecule has 0 rings (SSSR count). The maximum Gasteiger partial charge on any atom is 2.00 e. The molecule has 18 heteroatoms. The van der Waals surface area contributed by atoms with Gasteiger partial charge in [0.05, 0.1) is 0 Å². The molecule has 0 aliphatic carbocycles. The van der Waals surface area contributed by atoms with Gasteiger partial charge in [-0.1, -0.05) is 278 Å². The van der Waals surface area contributed by atoms with Crippen molar-refractivity contribution < 1.29 is 98.9 Å². The van der Waals surface area contributed by atoms with E-state index in [1.165, 1.54) is 19.3 Å². The summed E-state index contributed by atoms with van der Waals surface area (Å²) in [7, 11) is 0. The molecule has 0 amide bonds. The van der Waals surface area contributed by atoms with Crippen LogP contribution >= 0.6 is 0 Å². The third-order valence-corrected chi connectivity index (χ3v) is 11.2. The molecule has 0 saturated heterocycles. The van der Waals surface area contributed by atoms with Gasteiger partial charge in [-0.05, 0) is 0 Å². The minimum absolute atomic E-state index is 0. The molecule has 0 heterocycles. The Morgan fingerprint density at radius 3 is 0.855 bits per heavy atom. The van der Waals surface area contributed by atoms with E-state index in [1.54, 1.807) is 0 Å². The number of rotatable bonds is 36. The van der Waals surface area contributed by atoms with E-state index in [0.717, 1.165) is 45.7 Å². The molecule has 0 saturated carbocycles. The monoisotopic (exact) mass is 1440 g/mol. The minimum atomic E-state index is 0. The SMILES string of the molecule is CC(C)[N-]CC(C)[N-]C(C)C.CC(C)[N-]CC([N-]C(C)C)C(C)(C)C.CC(C)[N-]CC([N-]C(C)C)C(C)C.CCC(C)C(C[N-]C(C)C)[N-]C(C)C.CCC(C[N-]C(C)C)[N-]C(C)C.CCCC(C[N-]C(C)C)[N-]C(C)C.[Ni+2].[Ni+2].[Ni+2].[Ni+2].[Ni+2].[Ni+2]. The first kappa shape index (κ1) is 113. The van der Waals surface area contributed by atoms with Crippen LogP contribution < -0.4 is 0 Å². The standard InChI is InChI=1S/2C12H26N2.2C11H24N2.C10H22N2.C9H20N2.6Ni/c1-9(2)13-8-11(12(5,6)7)14-10(3)4;1-7-11(6)12(14-10(4)5)8-13-9(2)3;1-8(2)11(13-10(5)6)7-12-9(3)4;1-6-7-11(13-10(4)5)8-12-9(2)3;1-6-10(12-9(4)5)7-11-8(2)3;1-7(2)10-6-9(5)11-8(3)4;;;;;;/h9-11H,8H2,1-7H3;9-12H,7-8H2,1-6H3;8-11H,7H2,1-6H3;9-11H,6-8H2,1-5H3;8-10H,6-7H2,1-5H3;7-9H,6H2,1-5H3;;;;;;/q6*-2;6*+2. The molecule has 0 fully saturated rings. The summed E-state index contributed by atoms with van der Waals surface area (Å²) in [4.78, 5) is 0. The van der Waals surface area contributed by atoms with Crippen LogP contribution in [0.5, 0.6) is 0 Å². The van der Waals surface area contributed by atoms with Crippen LogP contribution in [0, 0.1) is 17.3 Å². The summed E-state index contributed by atoms with van der Waals surface area (Å²) in [5.41, 5.74) is 0.225. The molecule has 0 aromatic carbocycles. The van der Waals surface area contributed by atoms with E-state index >= 15 is 0 Å². The first-order valence-corrected chi connectivity index (χ1v) is 31.5. The summed E-state index contributed by atoms with van der Waals surface area (Å²) < 4.78 is 0. The fourth-order valence-corrected chi connectivity index (χ4v) is 6.95. The number of nitrogens with zero attached hydrogens (tertiary/aromatic N) is 12. The maximum atomic E-state index is 4.73. The van der Waals surface area contributed by atoms with Crippen LogP contribution in [0.1, 0.15) is 261 Å². The Hall–Kier alpha value is 2.48. The zero-order chi connectivity index (χ0) is 61.6. The van der Waals surface area contributed by atoms with Gasteiger partial charge in [-0.25, -0.2) is 0 Å². The molecule has 0 aromatic rings. The van der Waals surface area contributed by atoms with Crippen LogP contribution in [0.4, 0.5) is 0 Å². The van der Waals surface area contributed by atoms with Gasteiger partial charge in [0.2, 0.25) is 0 Å². The van der Waals surface area contributed by atoms with Gasteiger partial charge < -0.3 is 63.8 Å². The first-order valence-electron chi connectivity index (χ1n) is 31.5. The van der Waals surface area contributed by atoms with E-state index in [-0.39, 0.29) is 104 Å². The average Bonchev–Trinajstić information content (AvgIpc) is 3.27. The normalized spacial score (nSPS) is 13.8. The molecule has 522 valence electrons. The Bertz CT molecular complexity index is 1180. The Kier molecular flexibility index (Phi) is 97.9. The quantitative estimate of drug-likeness (QED) is 0.0545. The van der Waals surface area contributed by atoms with Crippen molar-refractivity contribution in [2.75, 3.05) is 39.3 Å². The molecule has 0 bridgehead atoms. The second kappa shape index (κ2) is 71.9. The zero-order valence-corrected chi connectivity index (χ0v) is 66.3. The molecule has 83 heavy (non-hydrogen) atoms. The summed E-state index contributed by atoms with van der Waals surface area (Å²) >= 11 is 0. The summed E-state index contributed by atoms with van der Waals surface area (Å²) in [5, 5.41) is 54.7. The zero-order valence-electron chi connectivity index (χ0n) is 60.4. The van der Waals surface area contributed by atoms with Gasteiger partial charge in [0, 0.05) is 0 Å². The van der Waals surface area contributed by atoms with Gasteiger partial charge in [0.25, 0.3) is 0 Å². The van der Waals surface area contributed by atoms with Crippen LogP contribution in [0.15, 0.2) is 0 Å². The number of hydrogen-bond donors (Lipinski definition) is 0. The van der Waals surface area contributed by atoms with Crippen molar-refractivity contribution in [1.82, 2.24) is 0 Å². The maximum absolute atomic E-state index is 4.73. The molecule has 0 N–H and O–H groups in total. The Balaban J connectivity index is -0.0000000720. The van der Waals surface area contributed by atoms with Crippen LogP contribution in [0.25, 0.3) is 63.8 Å². The van der Waals surface area contributed by atoms with Gasteiger partial charge in [0.15, 0.2) is 0 Å². The van der Waals surface area contributed by atoms with Crippen molar-refractivity contribution in [3.05, 3.63) is 63.8 Å². The molecule has 7 unspecified atom stereocenters. The van der Waals surface area contributed by atoms with Crippen molar-refractivity contribution in [3.63, 3.8) is 0 Å². The van der Waals surface area contributed by atoms with Gasteiger partial charge in [-0.2, -0.15) is 75.5 Å².